The summed E-state index contributed by atoms with van der Waals surface area (Å²) in [5.74, 6) is 1.58. The highest BCUT2D eigenvalue weighted by Crippen LogP contribution is 2.27. The molecule has 21 heavy (non-hydrogen) atoms. The molecule has 5 heteroatoms. The van der Waals surface area contributed by atoms with E-state index >= 15 is 0 Å². The molecule has 0 aromatic heterocycles. The molecule has 5 nitrogen and oxygen atoms in total. The van der Waals surface area contributed by atoms with Crippen LogP contribution < -0.4 is 16.0 Å². The molecule has 3 N–H and O–H groups in total. The topological polar surface area (TPSA) is 65.5 Å². The summed E-state index contributed by atoms with van der Waals surface area (Å²) in [5, 5.41) is 9.51. The van der Waals surface area contributed by atoms with E-state index < -0.39 is 0 Å². The third kappa shape index (κ3) is 8.58. The molecule has 122 valence electrons. The van der Waals surface area contributed by atoms with Crippen LogP contribution in [0.2, 0.25) is 0 Å². The average Bonchev–Trinajstić information content (AvgIpc) is 2.85. The summed E-state index contributed by atoms with van der Waals surface area (Å²) in [5.41, 5.74) is -0.0211. The largest absolute Gasteiger partial charge is 0.357 e. The van der Waals surface area contributed by atoms with E-state index in [2.05, 4.69) is 41.7 Å². The van der Waals surface area contributed by atoms with Crippen LogP contribution in [0.4, 0.5) is 0 Å². The zero-order valence-corrected chi connectivity index (χ0v) is 14.1. The normalized spacial score (nSPS) is 16.9. The molecular weight excluding hydrogens is 264 g/mol. The molecule has 0 unspecified atom stereocenters. The molecule has 0 saturated heterocycles. The van der Waals surface area contributed by atoms with Crippen molar-refractivity contribution in [3.63, 3.8) is 0 Å². The third-order valence-corrected chi connectivity index (χ3v) is 3.49. The van der Waals surface area contributed by atoms with Crippen LogP contribution in [0.25, 0.3) is 0 Å². The van der Waals surface area contributed by atoms with Crippen molar-refractivity contribution in [3.8, 4) is 0 Å². The molecule has 0 heterocycles. The lowest BCUT2D eigenvalue weighted by Gasteiger charge is -2.23. The molecule has 0 aromatic rings. The minimum Gasteiger partial charge on any atom is -0.357 e. The monoisotopic (exact) mass is 296 g/mol. The molecule has 1 rings (SSSR count). The highest BCUT2D eigenvalue weighted by atomic mass is 16.1. The lowest BCUT2D eigenvalue weighted by Crippen LogP contribution is -2.47. The van der Waals surface area contributed by atoms with E-state index in [4.69, 9.17) is 0 Å². The Hall–Kier alpha value is -1.26. The number of hydrogen-bond acceptors (Lipinski definition) is 2. The molecule has 0 radical (unpaired) electrons. The van der Waals surface area contributed by atoms with Gasteiger partial charge < -0.3 is 16.0 Å². The van der Waals surface area contributed by atoms with Crippen LogP contribution in [0.1, 0.15) is 59.8 Å². The minimum absolute atomic E-state index is 0.0211. The van der Waals surface area contributed by atoms with Gasteiger partial charge >= 0.3 is 0 Å². The Morgan fingerprint density at radius 2 is 1.86 bits per heavy atom. The van der Waals surface area contributed by atoms with Crippen molar-refractivity contribution < 1.29 is 4.79 Å². The van der Waals surface area contributed by atoms with Crippen molar-refractivity contribution >= 4 is 11.9 Å². The lowest BCUT2D eigenvalue weighted by atomic mass is 10.0. The lowest BCUT2D eigenvalue weighted by molar-refractivity contribution is -0.121. The van der Waals surface area contributed by atoms with Gasteiger partial charge in [-0.2, -0.15) is 0 Å². The maximum Gasteiger partial charge on any atom is 0.220 e. The van der Waals surface area contributed by atoms with Crippen LogP contribution >= 0.6 is 0 Å². The van der Waals surface area contributed by atoms with E-state index in [0.717, 1.165) is 12.5 Å². The quantitative estimate of drug-likeness (QED) is 0.399. The molecule has 1 amide bonds. The van der Waals surface area contributed by atoms with Gasteiger partial charge in [-0.15, -0.1) is 0 Å². The molecular formula is C16H32N4O. The Bertz CT molecular complexity index is 341. The molecule has 1 aliphatic rings. The van der Waals surface area contributed by atoms with E-state index in [-0.39, 0.29) is 11.4 Å². The number of carbonyl (C=O) groups is 1. The highest BCUT2D eigenvalue weighted by Gasteiger charge is 2.18. The number of nitrogens with zero attached hydrogens (tertiary/aromatic N) is 1. The number of aliphatic imine (C=N–C) groups is 1. The van der Waals surface area contributed by atoms with Gasteiger partial charge in [-0.05, 0) is 46.5 Å². The predicted octanol–water partition coefficient (Wildman–Crippen LogP) is 2.04. The third-order valence-electron chi connectivity index (χ3n) is 3.49. The van der Waals surface area contributed by atoms with Crippen molar-refractivity contribution in [2.24, 2.45) is 10.9 Å². The van der Waals surface area contributed by atoms with Crippen molar-refractivity contribution in [1.29, 1.82) is 0 Å². The van der Waals surface area contributed by atoms with Crippen LogP contribution in [-0.2, 0) is 4.79 Å². The van der Waals surface area contributed by atoms with Gasteiger partial charge in [-0.1, -0.05) is 12.8 Å². The molecule has 1 fully saturated rings. The zero-order chi connectivity index (χ0) is 15.7. The standard InChI is InChI=1S/C16H32N4O/c1-5-17-15(20-16(2,3)4)19-11-10-18-14(21)12-13-8-6-7-9-13/h13H,5-12H2,1-4H3,(H,18,21)(H2,17,19,20). The van der Waals surface area contributed by atoms with Gasteiger partial charge in [0, 0.05) is 25.0 Å². The summed E-state index contributed by atoms with van der Waals surface area (Å²) < 4.78 is 0. The first-order valence-corrected chi connectivity index (χ1v) is 8.24. The van der Waals surface area contributed by atoms with Gasteiger partial charge in [0.1, 0.15) is 0 Å². The fourth-order valence-corrected chi connectivity index (χ4v) is 2.57. The minimum atomic E-state index is -0.0211. The second-order valence-electron chi connectivity index (χ2n) is 6.84. The molecule has 0 bridgehead atoms. The second kappa shape index (κ2) is 8.90. The van der Waals surface area contributed by atoms with Crippen molar-refractivity contribution in [1.82, 2.24) is 16.0 Å². The number of guanidine groups is 1. The molecule has 1 aliphatic carbocycles. The van der Waals surface area contributed by atoms with Crippen molar-refractivity contribution in [2.75, 3.05) is 19.6 Å². The van der Waals surface area contributed by atoms with Gasteiger partial charge in [0.05, 0.1) is 6.54 Å². The Balaban J connectivity index is 2.24. The summed E-state index contributed by atoms with van der Waals surface area (Å²) in [7, 11) is 0. The fraction of sp³-hybridized carbons (Fsp3) is 0.875. The van der Waals surface area contributed by atoms with Crippen molar-refractivity contribution in [2.45, 2.75) is 65.3 Å². The Kier molecular flexibility index (Phi) is 7.54. The number of carbonyl (C=O) groups excluding carboxylic acids is 1. The molecule has 1 saturated carbocycles. The van der Waals surface area contributed by atoms with E-state index in [1.54, 1.807) is 0 Å². The Labute approximate surface area is 129 Å². The summed E-state index contributed by atoms with van der Waals surface area (Å²) >= 11 is 0. The fourth-order valence-electron chi connectivity index (χ4n) is 2.57. The molecule has 0 spiro atoms. The Morgan fingerprint density at radius 1 is 1.19 bits per heavy atom. The molecule has 0 atom stereocenters. The Morgan fingerprint density at radius 3 is 2.43 bits per heavy atom. The maximum atomic E-state index is 11.8. The first-order valence-electron chi connectivity index (χ1n) is 8.24. The van der Waals surface area contributed by atoms with Crippen molar-refractivity contribution in [3.05, 3.63) is 0 Å². The van der Waals surface area contributed by atoms with Crippen LogP contribution in [-0.4, -0.2) is 37.0 Å². The maximum absolute atomic E-state index is 11.8. The first-order chi connectivity index (χ1) is 9.90. The van der Waals surface area contributed by atoms with Gasteiger partial charge in [0.25, 0.3) is 0 Å². The smallest absolute Gasteiger partial charge is 0.220 e. The van der Waals surface area contributed by atoms with Gasteiger partial charge in [0.2, 0.25) is 5.91 Å². The summed E-state index contributed by atoms with van der Waals surface area (Å²) in [6, 6.07) is 0. The SMILES string of the molecule is CCNC(=NCCNC(=O)CC1CCCC1)NC(C)(C)C. The van der Waals surface area contributed by atoms with E-state index in [1.807, 2.05) is 6.92 Å². The number of amides is 1. The van der Waals surface area contributed by atoms with Gasteiger partial charge in [-0.25, -0.2) is 0 Å². The van der Waals surface area contributed by atoms with Gasteiger partial charge in [-0.3, -0.25) is 9.79 Å². The molecule has 0 aromatic carbocycles. The van der Waals surface area contributed by atoms with E-state index in [9.17, 15) is 4.79 Å². The van der Waals surface area contributed by atoms with Gasteiger partial charge in [0.15, 0.2) is 5.96 Å². The number of nitrogens with one attached hydrogen (secondary N) is 3. The average molecular weight is 296 g/mol. The van der Waals surface area contributed by atoms with Crippen LogP contribution in [0.3, 0.4) is 0 Å². The summed E-state index contributed by atoms with van der Waals surface area (Å²) in [6.07, 6.45) is 5.68. The number of hydrogen-bond donors (Lipinski definition) is 3. The summed E-state index contributed by atoms with van der Waals surface area (Å²) in [6.45, 7) is 10.4. The van der Waals surface area contributed by atoms with Crippen LogP contribution in [0.5, 0.6) is 0 Å². The first kappa shape index (κ1) is 17.8. The highest BCUT2D eigenvalue weighted by molar-refractivity contribution is 5.80. The predicted molar refractivity (Wildman–Crippen MR) is 88.5 cm³/mol. The van der Waals surface area contributed by atoms with E-state index in [1.165, 1.54) is 25.7 Å². The zero-order valence-electron chi connectivity index (χ0n) is 14.1. The van der Waals surface area contributed by atoms with Crippen LogP contribution in [0.15, 0.2) is 4.99 Å². The van der Waals surface area contributed by atoms with E-state index in [0.29, 0.717) is 25.4 Å². The van der Waals surface area contributed by atoms with Crippen LogP contribution in [0, 0.1) is 5.92 Å². The number of rotatable bonds is 6. The second-order valence-corrected chi connectivity index (χ2v) is 6.84. The molecule has 0 aliphatic heterocycles. The summed E-state index contributed by atoms with van der Waals surface area (Å²) in [4.78, 5) is 16.3.